The molecule has 0 unspecified atom stereocenters. The summed E-state index contributed by atoms with van der Waals surface area (Å²) in [5, 5.41) is 5.07. The maximum Gasteiger partial charge on any atom is 0.232 e. The summed E-state index contributed by atoms with van der Waals surface area (Å²) in [7, 11) is 1.75. The minimum Gasteiger partial charge on any atom is -0.315 e. The minimum atomic E-state index is -0.106. The van der Waals surface area contributed by atoms with Crippen LogP contribution in [0.3, 0.4) is 0 Å². The number of hydrogen-bond acceptors (Lipinski definition) is 4. The molecule has 24 heavy (non-hydrogen) atoms. The Hall–Kier alpha value is -1.73. The molecule has 0 aliphatic heterocycles. The molecule has 1 N–H and O–H groups in total. The zero-order valence-corrected chi connectivity index (χ0v) is 16.5. The molecule has 128 valence electrons. The Kier molecular flexibility index (Phi) is 6.12. The smallest absolute Gasteiger partial charge is 0.232 e. The Balaban J connectivity index is 2.02. The largest absolute Gasteiger partial charge is 0.315 e. The molecule has 0 aliphatic rings. The second kappa shape index (κ2) is 7.90. The lowest BCUT2D eigenvalue weighted by atomic mass is 10.2. The number of anilines is 2. The molecule has 0 fully saturated rings. The van der Waals surface area contributed by atoms with E-state index in [-0.39, 0.29) is 24.2 Å². The summed E-state index contributed by atoms with van der Waals surface area (Å²) in [5.74, 6) is -0.237. The predicted octanol–water partition coefficient (Wildman–Crippen LogP) is 4.01. The normalized spacial score (nSPS) is 10.8. The van der Waals surface area contributed by atoms with Gasteiger partial charge in [0.1, 0.15) is 0 Å². The fourth-order valence-electron chi connectivity index (χ4n) is 1.95. The van der Waals surface area contributed by atoms with Gasteiger partial charge in [0.15, 0.2) is 5.13 Å². The number of rotatable bonds is 5. The Morgan fingerprint density at radius 1 is 1.38 bits per heavy atom. The highest BCUT2D eigenvalue weighted by molar-refractivity contribution is 9.10. The lowest BCUT2D eigenvalue weighted by Crippen LogP contribution is -2.28. The third kappa shape index (κ3) is 4.64. The van der Waals surface area contributed by atoms with Crippen LogP contribution >= 0.6 is 27.3 Å². The van der Waals surface area contributed by atoms with Gasteiger partial charge in [-0.3, -0.25) is 9.59 Å². The van der Waals surface area contributed by atoms with Gasteiger partial charge in [-0.1, -0.05) is 29.8 Å². The zero-order valence-electron chi connectivity index (χ0n) is 14.1. The molecule has 0 saturated heterocycles. The van der Waals surface area contributed by atoms with E-state index in [2.05, 4.69) is 26.2 Å². The van der Waals surface area contributed by atoms with Crippen LogP contribution < -0.4 is 10.2 Å². The van der Waals surface area contributed by atoms with Crippen molar-refractivity contribution in [2.75, 3.05) is 17.3 Å². The molecular weight excluding hydrogens is 390 g/mol. The summed E-state index contributed by atoms with van der Waals surface area (Å²) >= 11 is 4.78. The Morgan fingerprint density at radius 3 is 2.71 bits per heavy atom. The molecular formula is C17H20BrN3O2S. The van der Waals surface area contributed by atoms with Gasteiger partial charge in [0.25, 0.3) is 0 Å². The summed E-state index contributed by atoms with van der Waals surface area (Å²) in [6.45, 7) is 5.63. The molecule has 0 aliphatic carbocycles. The fourth-order valence-corrected chi connectivity index (χ4v) is 2.91. The average Bonchev–Trinajstić information content (AvgIpc) is 2.96. The summed E-state index contributed by atoms with van der Waals surface area (Å²) < 4.78 is 1.01. The number of aromatic nitrogens is 1. The van der Waals surface area contributed by atoms with Crippen molar-refractivity contribution < 1.29 is 9.59 Å². The summed E-state index contributed by atoms with van der Waals surface area (Å²) in [5.41, 5.74) is 2.56. The number of hydrogen-bond donors (Lipinski definition) is 1. The molecule has 2 amide bonds. The quantitative estimate of drug-likeness (QED) is 0.810. The van der Waals surface area contributed by atoms with Crippen LogP contribution in [0.2, 0.25) is 0 Å². The lowest BCUT2D eigenvalue weighted by molar-refractivity contribution is -0.119. The molecule has 0 radical (unpaired) electrons. The highest BCUT2D eigenvalue weighted by atomic mass is 79.9. The van der Waals surface area contributed by atoms with Crippen molar-refractivity contribution in [3.05, 3.63) is 39.3 Å². The minimum absolute atomic E-state index is 0.0521. The van der Waals surface area contributed by atoms with Gasteiger partial charge in [-0.2, -0.15) is 0 Å². The summed E-state index contributed by atoms with van der Waals surface area (Å²) in [6.07, 6.45) is 0.194. The van der Waals surface area contributed by atoms with Crippen LogP contribution in [0.1, 0.15) is 25.1 Å². The number of thiazole rings is 1. The molecule has 0 saturated carbocycles. The van der Waals surface area contributed by atoms with Gasteiger partial charge in [0.05, 0.1) is 12.1 Å². The number of carbonyl (C=O) groups is 2. The van der Waals surface area contributed by atoms with Crippen LogP contribution in [0, 0.1) is 12.8 Å². The van der Waals surface area contributed by atoms with Crippen LogP contribution in [-0.4, -0.2) is 23.8 Å². The third-order valence-corrected chi connectivity index (χ3v) is 5.24. The summed E-state index contributed by atoms with van der Waals surface area (Å²) in [6, 6.07) is 5.78. The highest BCUT2D eigenvalue weighted by Gasteiger charge is 2.15. The van der Waals surface area contributed by atoms with Crippen molar-refractivity contribution in [2.45, 2.75) is 27.2 Å². The molecule has 7 heteroatoms. The number of nitrogens with one attached hydrogen (secondary N) is 1. The first kappa shape index (κ1) is 18.6. The van der Waals surface area contributed by atoms with Gasteiger partial charge >= 0.3 is 0 Å². The van der Waals surface area contributed by atoms with E-state index in [1.807, 2.05) is 39.0 Å². The SMILES string of the molecule is Cc1cc(N(C)C(=O)Cc2csc(NC(=O)C(C)C)n2)ccc1Br. The number of likely N-dealkylation sites (N-methyl/N-ethyl adjacent to an activating group) is 1. The molecule has 0 bridgehead atoms. The Bertz CT molecular complexity index is 758. The predicted molar refractivity (Wildman–Crippen MR) is 102 cm³/mol. The number of benzene rings is 1. The average molecular weight is 410 g/mol. The topological polar surface area (TPSA) is 62.3 Å². The maximum atomic E-state index is 12.4. The molecule has 1 aromatic heterocycles. The molecule has 5 nitrogen and oxygen atoms in total. The second-order valence-corrected chi connectivity index (χ2v) is 7.56. The van der Waals surface area contributed by atoms with Crippen molar-refractivity contribution >= 4 is 49.9 Å². The first-order valence-electron chi connectivity index (χ1n) is 7.56. The van der Waals surface area contributed by atoms with E-state index in [1.165, 1.54) is 11.3 Å². The van der Waals surface area contributed by atoms with Crippen molar-refractivity contribution in [2.24, 2.45) is 5.92 Å². The van der Waals surface area contributed by atoms with E-state index in [1.54, 1.807) is 17.3 Å². The number of nitrogens with zero attached hydrogens (tertiary/aromatic N) is 2. The van der Waals surface area contributed by atoms with E-state index >= 15 is 0 Å². The zero-order chi connectivity index (χ0) is 17.9. The van der Waals surface area contributed by atoms with Crippen LogP contribution in [0.5, 0.6) is 0 Å². The molecule has 2 aromatic rings. The van der Waals surface area contributed by atoms with E-state index in [0.29, 0.717) is 10.8 Å². The van der Waals surface area contributed by atoms with Crippen LogP contribution in [0.15, 0.2) is 28.1 Å². The standard InChI is InChI=1S/C17H20BrN3O2S/c1-10(2)16(23)20-17-19-12(9-24-17)8-15(22)21(4)13-5-6-14(18)11(3)7-13/h5-7,9-10H,8H2,1-4H3,(H,19,20,23). The van der Waals surface area contributed by atoms with Crippen LogP contribution in [0.4, 0.5) is 10.8 Å². The number of aryl methyl sites for hydroxylation is 1. The van der Waals surface area contributed by atoms with E-state index in [9.17, 15) is 9.59 Å². The van der Waals surface area contributed by atoms with Gasteiger partial charge in [-0.25, -0.2) is 4.98 Å². The van der Waals surface area contributed by atoms with Gasteiger partial charge in [0.2, 0.25) is 11.8 Å². The first-order chi connectivity index (χ1) is 11.3. The van der Waals surface area contributed by atoms with Gasteiger partial charge in [0, 0.05) is 28.5 Å². The molecule has 0 spiro atoms. The van der Waals surface area contributed by atoms with Crippen molar-refractivity contribution in [1.82, 2.24) is 4.98 Å². The monoisotopic (exact) mass is 409 g/mol. The van der Waals surface area contributed by atoms with Gasteiger partial charge in [-0.15, -0.1) is 11.3 Å². The number of carbonyl (C=O) groups excluding carboxylic acids is 2. The first-order valence-corrected chi connectivity index (χ1v) is 9.23. The van der Waals surface area contributed by atoms with E-state index < -0.39 is 0 Å². The van der Waals surface area contributed by atoms with E-state index in [0.717, 1.165) is 15.7 Å². The van der Waals surface area contributed by atoms with Crippen molar-refractivity contribution in [3.8, 4) is 0 Å². The Morgan fingerprint density at radius 2 is 2.08 bits per heavy atom. The lowest BCUT2D eigenvalue weighted by Gasteiger charge is -2.17. The second-order valence-electron chi connectivity index (χ2n) is 5.85. The summed E-state index contributed by atoms with van der Waals surface area (Å²) in [4.78, 5) is 30.0. The van der Waals surface area contributed by atoms with Crippen molar-refractivity contribution in [1.29, 1.82) is 0 Å². The number of amides is 2. The third-order valence-electron chi connectivity index (χ3n) is 3.54. The molecule has 0 atom stereocenters. The number of halogens is 1. The van der Waals surface area contributed by atoms with Gasteiger partial charge in [-0.05, 0) is 30.7 Å². The highest BCUT2D eigenvalue weighted by Crippen LogP contribution is 2.23. The molecule has 1 heterocycles. The maximum absolute atomic E-state index is 12.4. The Labute approximate surface area is 154 Å². The molecule has 2 rings (SSSR count). The van der Waals surface area contributed by atoms with Crippen LogP contribution in [0.25, 0.3) is 0 Å². The fraction of sp³-hybridized carbons (Fsp3) is 0.353. The van der Waals surface area contributed by atoms with E-state index in [4.69, 9.17) is 0 Å². The molecule has 1 aromatic carbocycles. The van der Waals surface area contributed by atoms with Crippen molar-refractivity contribution in [3.63, 3.8) is 0 Å². The van der Waals surface area contributed by atoms with Crippen LogP contribution in [-0.2, 0) is 16.0 Å². The van der Waals surface area contributed by atoms with Gasteiger partial charge < -0.3 is 10.2 Å².